The first-order valence-electron chi connectivity index (χ1n) is 5.37. The first-order chi connectivity index (χ1) is 8.16. The molecule has 0 aliphatic rings. The van der Waals surface area contributed by atoms with Crippen molar-refractivity contribution in [2.75, 3.05) is 0 Å². The molecule has 2 aromatic carbocycles. The molecule has 0 aliphatic carbocycles. The number of rotatable bonds is 3. The fourth-order valence-electron chi connectivity index (χ4n) is 1.74. The largest absolute Gasteiger partial charge is 0.508 e. The van der Waals surface area contributed by atoms with Crippen molar-refractivity contribution in [2.45, 2.75) is 12.5 Å². The van der Waals surface area contributed by atoms with Crippen molar-refractivity contribution in [3.05, 3.63) is 64.7 Å². The minimum absolute atomic E-state index is 0.0674. The molecule has 0 radical (unpaired) electrons. The van der Waals surface area contributed by atoms with Crippen molar-refractivity contribution in [2.24, 2.45) is 0 Å². The molecule has 2 N–H and O–H groups in total. The summed E-state index contributed by atoms with van der Waals surface area (Å²) in [5, 5.41) is 20.2. The van der Waals surface area contributed by atoms with Gasteiger partial charge in [-0.25, -0.2) is 0 Å². The maximum Gasteiger partial charge on any atom is 0.121 e. The Morgan fingerprint density at radius 1 is 1.06 bits per heavy atom. The molecular formula is C14H13ClO2. The summed E-state index contributed by atoms with van der Waals surface area (Å²) < 4.78 is 0. The smallest absolute Gasteiger partial charge is 0.121 e. The molecule has 0 unspecified atom stereocenters. The topological polar surface area (TPSA) is 40.5 Å². The normalized spacial score (nSPS) is 12.4. The van der Waals surface area contributed by atoms with Crippen LogP contribution < -0.4 is 0 Å². The maximum absolute atomic E-state index is 10.1. The van der Waals surface area contributed by atoms with E-state index in [-0.39, 0.29) is 5.75 Å². The highest BCUT2D eigenvalue weighted by Gasteiger charge is 2.13. The lowest BCUT2D eigenvalue weighted by molar-refractivity contribution is 0.174. The number of hydrogen-bond donors (Lipinski definition) is 2. The average molecular weight is 249 g/mol. The summed E-state index contributed by atoms with van der Waals surface area (Å²) >= 11 is 5.84. The number of aromatic hydroxyl groups is 1. The van der Waals surface area contributed by atoms with E-state index in [1.165, 1.54) is 6.07 Å². The van der Waals surface area contributed by atoms with Gasteiger partial charge in [-0.2, -0.15) is 0 Å². The highest BCUT2D eigenvalue weighted by atomic mass is 35.5. The van der Waals surface area contributed by atoms with Gasteiger partial charge in [-0.1, -0.05) is 41.9 Å². The quantitative estimate of drug-likeness (QED) is 0.875. The summed E-state index contributed by atoms with van der Waals surface area (Å²) in [7, 11) is 0. The van der Waals surface area contributed by atoms with Crippen LogP contribution in [0, 0.1) is 0 Å². The molecule has 0 spiro atoms. The Hall–Kier alpha value is -1.51. The summed E-state index contributed by atoms with van der Waals surface area (Å²) in [6.45, 7) is 0. The molecule has 2 rings (SSSR count). The summed E-state index contributed by atoms with van der Waals surface area (Å²) in [5.74, 6) is 0.0674. The van der Waals surface area contributed by atoms with Gasteiger partial charge in [0.15, 0.2) is 0 Å². The number of hydrogen-bond acceptors (Lipinski definition) is 2. The van der Waals surface area contributed by atoms with Crippen LogP contribution in [-0.4, -0.2) is 10.2 Å². The molecule has 2 nitrogen and oxygen atoms in total. The van der Waals surface area contributed by atoms with Crippen LogP contribution in [0.2, 0.25) is 5.02 Å². The van der Waals surface area contributed by atoms with Crippen LogP contribution in [0.3, 0.4) is 0 Å². The second kappa shape index (κ2) is 5.21. The van der Waals surface area contributed by atoms with E-state index in [2.05, 4.69) is 0 Å². The maximum atomic E-state index is 10.1. The van der Waals surface area contributed by atoms with E-state index in [0.29, 0.717) is 17.0 Å². The summed E-state index contributed by atoms with van der Waals surface area (Å²) in [6.07, 6.45) is -0.300. The molecule has 0 aromatic heterocycles. The number of phenols is 1. The van der Waals surface area contributed by atoms with Gasteiger partial charge in [0.25, 0.3) is 0 Å². The third-order valence-corrected chi connectivity index (χ3v) is 2.86. The van der Waals surface area contributed by atoms with Gasteiger partial charge in [0, 0.05) is 17.0 Å². The Labute approximate surface area is 105 Å². The van der Waals surface area contributed by atoms with E-state index in [9.17, 15) is 10.2 Å². The van der Waals surface area contributed by atoms with Crippen LogP contribution >= 0.6 is 11.6 Å². The predicted octanol–water partition coefficient (Wildman–Crippen LogP) is 3.32. The SMILES string of the molecule is Oc1ccc(Cl)cc1[C@@H](O)Cc1ccccc1. The van der Waals surface area contributed by atoms with Crippen LogP contribution in [0.25, 0.3) is 0 Å². The second-order valence-corrected chi connectivity index (χ2v) is 4.35. The number of benzene rings is 2. The molecule has 0 aliphatic heterocycles. The molecule has 3 heteroatoms. The van der Waals surface area contributed by atoms with Crippen molar-refractivity contribution in [3.8, 4) is 5.75 Å². The van der Waals surface area contributed by atoms with Gasteiger partial charge in [0.2, 0.25) is 0 Å². The monoisotopic (exact) mass is 248 g/mol. The second-order valence-electron chi connectivity index (χ2n) is 3.91. The first-order valence-corrected chi connectivity index (χ1v) is 5.75. The highest BCUT2D eigenvalue weighted by molar-refractivity contribution is 6.30. The van der Waals surface area contributed by atoms with Crippen molar-refractivity contribution in [1.82, 2.24) is 0 Å². The van der Waals surface area contributed by atoms with Crippen LogP contribution in [0.1, 0.15) is 17.2 Å². The van der Waals surface area contributed by atoms with Crippen LogP contribution in [0.4, 0.5) is 0 Å². The lowest BCUT2D eigenvalue weighted by Crippen LogP contribution is -2.02. The standard InChI is InChI=1S/C14H13ClO2/c15-11-6-7-13(16)12(9-11)14(17)8-10-4-2-1-3-5-10/h1-7,9,14,16-17H,8H2/t14-/m0/s1. The lowest BCUT2D eigenvalue weighted by Gasteiger charge is -2.13. The molecule has 0 bridgehead atoms. The van der Waals surface area contributed by atoms with Gasteiger partial charge in [0.05, 0.1) is 6.10 Å². The van der Waals surface area contributed by atoms with E-state index in [0.717, 1.165) is 5.56 Å². The zero-order chi connectivity index (χ0) is 12.3. The molecule has 88 valence electrons. The molecule has 17 heavy (non-hydrogen) atoms. The van der Waals surface area contributed by atoms with Gasteiger partial charge < -0.3 is 10.2 Å². The molecule has 0 amide bonds. The van der Waals surface area contributed by atoms with E-state index >= 15 is 0 Å². The number of aliphatic hydroxyl groups is 1. The summed E-state index contributed by atoms with van der Waals surface area (Å²) in [6, 6.07) is 14.3. The van der Waals surface area contributed by atoms with Crippen molar-refractivity contribution in [3.63, 3.8) is 0 Å². The van der Waals surface area contributed by atoms with Crippen LogP contribution in [0.15, 0.2) is 48.5 Å². The number of phenolic OH excluding ortho intramolecular Hbond substituents is 1. The van der Waals surface area contributed by atoms with Crippen molar-refractivity contribution >= 4 is 11.6 Å². The lowest BCUT2D eigenvalue weighted by atomic mass is 10.0. The molecular weight excluding hydrogens is 236 g/mol. The third kappa shape index (κ3) is 2.99. The van der Waals surface area contributed by atoms with E-state index in [1.807, 2.05) is 30.3 Å². The van der Waals surface area contributed by atoms with Crippen LogP contribution in [0.5, 0.6) is 5.75 Å². The minimum Gasteiger partial charge on any atom is -0.508 e. The zero-order valence-corrected chi connectivity index (χ0v) is 9.93. The Balaban J connectivity index is 2.20. The highest BCUT2D eigenvalue weighted by Crippen LogP contribution is 2.29. The Bertz CT molecular complexity index is 497. The Morgan fingerprint density at radius 2 is 1.76 bits per heavy atom. The molecule has 0 heterocycles. The number of halogens is 1. The Morgan fingerprint density at radius 3 is 2.47 bits per heavy atom. The van der Waals surface area contributed by atoms with Crippen molar-refractivity contribution in [1.29, 1.82) is 0 Å². The summed E-state index contributed by atoms with van der Waals surface area (Å²) in [5.41, 5.74) is 1.47. The molecule has 2 aromatic rings. The third-order valence-electron chi connectivity index (χ3n) is 2.62. The van der Waals surface area contributed by atoms with Gasteiger partial charge in [-0.3, -0.25) is 0 Å². The first kappa shape index (κ1) is 12.0. The molecule has 0 saturated heterocycles. The molecule has 1 atom stereocenters. The fraction of sp³-hybridized carbons (Fsp3) is 0.143. The van der Waals surface area contributed by atoms with Crippen LogP contribution in [-0.2, 0) is 6.42 Å². The molecule has 0 fully saturated rings. The van der Waals surface area contributed by atoms with E-state index in [1.54, 1.807) is 12.1 Å². The van der Waals surface area contributed by atoms with Gasteiger partial charge in [-0.05, 0) is 23.8 Å². The predicted molar refractivity (Wildman–Crippen MR) is 68.2 cm³/mol. The van der Waals surface area contributed by atoms with Crippen molar-refractivity contribution < 1.29 is 10.2 Å². The number of aliphatic hydroxyl groups excluding tert-OH is 1. The van der Waals surface area contributed by atoms with E-state index in [4.69, 9.17) is 11.6 Å². The Kier molecular flexibility index (Phi) is 3.67. The minimum atomic E-state index is -0.754. The van der Waals surface area contributed by atoms with Gasteiger partial charge >= 0.3 is 0 Å². The van der Waals surface area contributed by atoms with E-state index < -0.39 is 6.10 Å². The zero-order valence-electron chi connectivity index (χ0n) is 9.18. The molecule has 0 saturated carbocycles. The van der Waals surface area contributed by atoms with Gasteiger partial charge in [0.1, 0.15) is 5.75 Å². The van der Waals surface area contributed by atoms with Gasteiger partial charge in [-0.15, -0.1) is 0 Å². The fourth-order valence-corrected chi connectivity index (χ4v) is 1.92. The average Bonchev–Trinajstić information content (AvgIpc) is 2.33. The summed E-state index contributed by atoms with van der Waals surface area (Å²) in [4.78, 5) is 0.